The summed E-state index contributed by atoms with van der Waals surface area (Å²) in [7, 11) is 0. The molecule has 0 radical (unpaired) electrons. The standard InChI is InChI=1S/C55H95BrO4/c1-4-7-10-13-16-19-22-25-28-31-34-37-44-57-53-47-50(49-60-52-42-40-51(56)41-43-52)48-54(58-45-38-35-32-29-26-23-20-17-14-11-8-5-2)55(53)59-46-39-36-33-30-27-24-21-18-15-12-9-6-3/h40-43,47-48H,4-39,44-46,49H2,1-3H3. The summed E-state index contributed by atoms with van der Waals surface area (Å²) < 4.78 is 27.1. The van der Waals surface area contributed by atoms with Crippen molar-refractivity contribution in [3.05, 3.63) is 46.4 Å². The lowest BCUT2D eigenvalue weighted by molar-refractivity contribution is 0.232. The Balaban J connectivity index is 1.94. The number of rotatable bonds is 45. The Morgan fingerprint density at radius 1 is 0.333 bits per heavy atom. The van der Waals surface area contributed by atoms with Gasteiger partial charge in [-0.2, -0.15) is 0 Å². The van der Waals surface area contributed by atoms with Gasteiger partial charge in [0.2, 0.25) is 5.75 Å². The number of halogens is 1. The van der Waals surface area contributed by atoms with E-state index in [1.807, 2.05) is 24.3 Å². The van der Waals surface area contributed by atoms with Crippen LogP contribution < -0.4 is 18.9 Å². The monoisotopic (exact) mass is 899 g/mol. The number of hydrogen-bond acceptors (Lipinski definition) is 4. The van der Waals surface area contributed by atoms with Gasteiger partial charge in [-0.05, 0) is 61.2 Å². The number of ether oxygens (including phenoxy) is 4. The van der Waals surface area contributed by atoms with Crippen molar-refractivity contribution in [2.45, 2.75) is 259 Å². The summed E-state index contributed by atoms with van der Waals surface area (Å²) in [4.78, 5) is 0. The van der Waals surface area contributed by atoms with Crippen molar-refractivity contribution in [3.63, 3.8) is 0 Å². The average molecular weight is 900 g/mol. The van der Waals surface area contributed by atoms with Crippen LogP contribution in [-0.2, 0) is 6.61 Å². The van der Waals surface area contributed by atoms with Gasteiger partial charge in [0.05, 0.1) is 19.8 Å². The first kappa shape index (κ1) is 54.3. The molecule has 0 aliphatic rings. The van der Waals surface area contributed by atoms with Gasteiger partial charge in [-0.25, -0.2) is 0 Å². The van der Waals surface area contributed by atoms with Gasteiger partial charge in [0.1, 0.15) is 12.4 Å². The summed E-state index contributed by atoms with van der Waals surface area (Å²) in [6.07, 6.45) is 48.1. The van der Waals surface area contributed by atoms with E-state index in [9.17, 15) is 0 Å². The van der Waals surface area contributed by atoms with Crippen LogP contribution in [-0.4, -0.2) is 19.8 Å². The molecule has 0 spiro atoms. The molecule has 2 rings (SSSR count). The van der Waals surface area contributed by atoms with Gasteiger partial charge in [0.15, 0.2) is 11.5 Å². The highest BCUT2D eigenvalue weighted by molar-refractivity contribution is 9.10. The minimum atomic E-state index is 0.449. The van der Waals surface area contributed by atoms with Crippen LogP contribution in [0.2, 0.25) is 0 Å². The Kier molecular flexibility index (Phi) is 37.2. The van der Waals surface area contributed by atoms with E-state index in [-0.39, 0.29) is 0 Å². The molecule has 0 unspecified atom stereocenters. The molecule has 0 amide bonds. The lowest BCUT2D eigenvalue weighted by Crippen LogP contribution is -2.08. The van der Waals surface area contributed by atoms with Crippen LogP contribution in [0.25, 0.3) is 0 Å². The van der Waals surface area contributed by atoms with E-state index < -0.39 is 0 Å². The van der Waals surface area contributed by atoms with Crippen molar-refractivity contribution < 1.29 is 18.9 Å². The van der Waals surface area contributed by atoms with E-state index in [4.69, 9.17) is 18.9 Å². The summed E-state index contributed by atoms with van der Waals surface area (Å²) >= 11 is 3.55. The van der Waals surface area contributed by atoms with Crippen molar-refractivity contribution >= 4 is 15.9 Å². The molecule has 0 atom stereocenters. The third-order valence-corrected chi connectivity index (χ3v) is 12.6. The van der Waals surface area contributed by atoms with Crippen LogP contribution in [0.3, 0.4) is 0 Å². The lowest BCUT2D eigenvalue weighted by Gasteiger charge is -2.19. The normalized spacial score (nSPS) is 11.3. The summed E-state index contributed by atoms with van der Waals surface area (Å²) in [5, 5.41) is 0. The molecule has 0 bridgehead atoms. The molecule has 4 nitrogen and oxygen atoms in total. The van der Waals surface area contributed by atoms with Gasteiger partial charge >= 0.3 is 0 Å². The van der Waals surface area contributed by atoms with Crippen LogP contribution in [0.1, 0.15) is 257 Å². The van der Waals surface area contributed by atoms with E-state index in [0.717, 1.165) is 52.3 Å². The molecule has 5 heteroatoms. The Labute approximate surface area is 381 Å². The Morgan fingerprint density at radius 2 is 0.617 bits per heavy atom. The SMILES string of the molecule is CCCCCCCCCCCCCCOc1cc(COc2ccc(Br)cc2)cc(OCCCCCCCCCCCCCC)c1OCCCCCCCCCCCCCC. The third-order valence-electron chi connectivity index (χ3n) is 12.1. The maximum Gasteiger partial charge on any atom is 0.203 e. The van der Waals surface area contributed by atoms with E-state index in [1.54, 1.807) is 0 Å². The second kappa shape index (κ2) is 41.1. The average Bonchev–Trinajstić information content (AvgIpc) is 3.26. The zero-order chi connectivity index (χ0) is 42.8. The molecule has 0 aliphatic carbocycles. The highest BCUT2D eigenvalue weighted by atomic mass is 79.9. The Morgan fingerprint density at radius 3 is 0.933 bits per heavy atom. The lowest BCUT2D eigenvalue weighted by atomic mass is 10.1. The fraction of sp³-hybridized carbons (Fsp3) is 0.782. The Hall–Kier alpha value is -1.88. The van der Waals surface area contributed by atoms with Crippen molar-refractivity contribution in [3.8, 4) is 23.0 Å². The largest absolute Gasteiger partial charge is 0.490 e. The van der Waals surface area contributed by atoms with E-state index >= 15 is 0 Å². The minimum absolute atomic E-state index is 0.449. The fourth-order valence-corrected chi connectivity index (χ4v) is 8.40. The first-order valence-corrected chi connectivity index (χ1v) is 26.9. The van der Waals surface area contributed by atoms with Gasteiger partial charge in [0, 0.05) is 4.47 Å². The van der Waals surface area contributed by atoms with Gasteiger partial charge in [-0.1, -0.05) is 249 Å². The maximum absolute atomic E-state index is 6.62. The first-order valence-electron chi connectivity index (χ1n) is 26.1. The number of benzene rings is 2. The summed E-state index contributed by atoms with van der Waals surface area (Å²) in [6, 6.07) is 12.3. The molecule has 0 fully saturated rings. The second-order valence-corrected chi connectivity index (χ2v) is 18.8. The summed E-state index contributed by atoms with van der Waals surface area (Å²) in [5.74, 6) is 3.24. The van der Waals surface area contributed by atoms with Gasteiger partial charge in [0.25, 0.3) is 0 Å². The molecular formula is C55H95BrO4. The van der Waals surface area contributed by atoms with Crippen molar-refractivity contribution in [1.29, 1.82) is 0 Å². The predicted octanol–water partition coefficient (Wildman–Crippen LogP) is 19.3. The van der Waals surface area contributed by atoms with Crippen molar-refractivity contribution in [2.75, 3.05) is 19.8 Å². The predicted molar refractivity (Wildman–Crippen MR) is 265 cm³/mol. The van der Waals surface area contributed by atoms with Gasteiger partial charge in [-0.15, -0.1) is 0 Å². The van der Waals surface area contributed by atoms with Crippen LogP contribution in [0.5, 0.6) is 23.0 Å². The highest BCUT2D eigenvalue weighted by Crippen LogP contribution is 2.40. The third kappa shape index (κ3) is 31.0. The molecule has 0 N–H and O–H groups in total. The Bertz CT molecular complexity index is 1150. The molecular weight excluding hydrogens is 805 g/mol. The van der Waals surface area contributed by atoms with Gasteiger partial charge < -0.3 is 18.9 Å². The number of hydrogen-bond donors (Lipinski definition) is 0. The topological polar surface area (TPSA) is 36.9 Å². The second-order valence-electron chi connectivity index (χ2n) is 17.9. The molecule has 0 heterocycles. The molecule has 346 valence electrons. The number of unbranched alkanes of at least 4 members (excludes halogenated alkanes) is 33. The molecule has 0 aromatic heterocycles. The fourth-order valence-electron chi connectivity index (χ4n) is 8.14. The van der Waals surface area contributed by atoms with E-state index in [0.29, 0.717) is 26.4 Å². The molecule has 0 saturated heterocycles. The smallest absolute Gasteiger partial charge is 0.203 e. The van der Waals surface area contributed by atoms with Crippen LogP contribution in [0.4, 0.5) is 0 Å². The zero-order valence-electron chi connectivity index (χ0n) is 39.8. The van der Waals surface area contributed by atoms with Crippen molar-refractivity contribution in [1.82, 2.24) is 0 Å². The van der Waals surface area contributed by atoms with Crippen LogP contribution >= 0.6 is 15.9 Å². The zero-order valence-corrected chi connectivity index (χ0v) is 41.3. The van der Waals surface area contributed by atoms with Gasteiger partial charge in [-0.3, -0.25) is 0 Å². The van der Waals surface area contributed by atoms with Crippen LogP contribution in [0.15, 0.2) is 40.9 Å². The van der Waals surface area contributed by atoms with Crippen LogP contribution in [0, 0.1) is 0 Å². The minimum Gasteiger partial charge on any atom is -0.490 e. The first-order chi connectivity index (χ1) is 29.7. The van der Waals surface area contributed by atoms with Crippen molar-refractivity contribution in [2.24, 2.45) is 0 Å². The summed E-state index contributed by atoms with van der Waals surface area (Å²) in [5.41, 5.74) is 1.05. The van der Waals surface area contributed by atoms with E-state index in [1.165, 1.54) is 212 Å². The molecule has 0 saturated carbocycles. The molecule has 60 heavy (non-hydrogen) atoms. The quantitative estimate of drug-likeness (QED) is 0.0621. The molecule has 0 aliphatic heterocycles. The van der Waals surface area contributed by atoms with E-state index in [2.05, 4.69) is 48.8 Å². The molecule has 2 aromatic carbocycles. The highest BCUT2D eigenvalue weighted by Gasteiger charge is 2.17. The maximum atomic E-state index is 6.62. The summed E-state index contributed by atoms with van der Waals surface area (Å²) in [6.45, 7) is 9.42. The molecule has 2 aromatic rings.